The summed E-state index contributed by atoms with van der Waals surface area (Å²) in [5.74, 6) is 0.213. The van der Waals surface area contributed by atoms with Crippen LogP contribution in [0.15, 0.2) is 59.8 Å². The van der Waals surface area contributed by atoms with E-state index in [4.69, 9.17) is 14.9 Å². The number of nitrogens with zero attached hydrogens (tertiary/aromatic N) is 3. The number of ether oxygens (including phenoxy) is 2. The lowest BCUT2D eigenvalue weighted by Crippen LogP contribution is -2.48. The third kappa shape index (κ3) is 4.85. The van der Waals surface area contributed by atoms with Crippen molar-refractivity contribution < 1.29 is 27.4 Å². The number of carbonyl (C=O) groups is 1. The van der Waals surface area contributed by atoms with E-state index in [2.05, 4.69) is 5.32 Å². The van der Waals surface area contributed by atoms with E-state index in [9.17, 15) is 23.4 Å². The number of anilines is 2. The molecule has 0 bridgehead atoms. The average Bonchev–Trinajstić information content (AvgIpc) is 3.70. The normalized spacial score (nSPS) is 19.0. The lowest BCUT2D eigenvalue weighted by molar-refractivity contribution is -0.115. The number of benzene rings is 2. The molecule has 0 atom stereocenters. The molecule has 2 aromatic carbocycles. The van der Waals surface area contributed by atoms with E-state index < -0.39 is 28.8 Å². The third-order valence-electron chi connectivity index (χ3n) is 7.20. The van der Waals surface area contributed by atoms with Gasteiger partial charge in [-0.1, -0.05) is 5.71 Å². The van der Waals surface area contributed by atoms with E-state index in [1.165, 1.54) is 12.0 Å². The van der Waals surface area contributed by atoms with Crippen LogP contribution in [0.4, 0.5) is 24.5 Å². The van der Waals surface area contributed by atoms with Crippen molar-refractivity contribution >= 4 is 28.8 Å². The molecule has 2 heterocycles. The Morgan fingerprint density at radius 1 is 1.08 bits per heavy atom. The highest BCUT2D eigenvalue weighted by molar-refractivity contribution is 6.19. The van der Waals surface area contributed by atoms with Gasteiger partial charge in [0.2, 0.25) is 0 Å². The molecule has 3 aliphatic rings. The quantitative estimate of drug-likeness (QED) is 0.429. The molecule has 11 heteroatoms. The molecule has 5 rings (SSSR count). The first-order chi connectivity index (χ1) is 18.1. The minimum atomic E-state index is -5.00. The van der Waals surface area contributed by atoms with Gasteiger partial charge in [0.1, 0.15) is 17.3 Å². The highest BCUT2D eigenvalue weighted by atomic mass is 19.4. The Balaban J connectivity index is 1.48. The zero-order valence-corrected chi connectivity index (χ0v) is 20.8. The van der Waals surface area contributed by atoms with Gasteiger partial charge in [-0.25, -0.2) is 0 Å². The van der Waals surface area contributed by atoms with Crippen LogP contribution in [0, 0.1) is 10.8 Å². The summed E-state index contributed by atoms with van der Waals surface area (Å²) in [6.45, 7) is 2.33. The summed E-state index contributed by atoms with van der Waals surface area (Å²) in [5.41, 5.74) is -1.91. The summed E-state index contributed by atoms with van der Waals surface area (Å²) in [6.07, 6.45) is -4.19. The summed E-state index contributed by atoms with van der Waals surface area (Å²) in [4.78, 5) is 17.0. The maximum Gasteiger partial charge on any atom is 0.395 e. The standard InChI is InChI=1S/C27H27F3N5O3/c1-37-20-8-4-18(5-9-20)33-22-21(23(31)27(28,29)30)26(10-11-26)16-35(25(22)36)19-6-2-17(3-7-19)24(32)34-12-14-38-15-13-34/h2-9,32-33H,10-16H2,1H3/q-1. The van der Waals surface area contributed by atoms with Crippen molar-refractivity contribution in [2.75, 3.05) is 50.2 Å². The number of methoxy groups -OCH3 is 1. The fraction of sp³-hybridized carbons (Fsp3) is 0.370. The van der Waals surface area contributed by atoms with Crippen LogP contribution in [0.2, 0.25) is 0 Å². The third-order valence-corrected chi connectivity index (χ3v) is 7.20. The Kier molecular flexibility index (Phi) is 6.64. The van der Waals surface area contributed by atoms with Crippen molar-refractivity contribution in [2.45, 2.75) is 19.0 Å². The Labute approximate surface area is 218 Å². The van der Waals surface area contributed by atoms with Crippen LogP contribution in [-0.4, -0.2) is 68.5 Å². The molecule has 1 saturated carbocycles. The summed E-state index contributed by atoms with van der Waals surface area (Å²) >= 11 is 0. The molecule has 2 N–H and O–H groups in total. The number of alkyl halides is 3. The molecule has 1 amide bonds. The molecule has 0 aromatic heterocycles. The smallest absolute Gasteiger partial charge is 0.395 e. The maximum atomic E-state index is 13.7. The van der Waals surface area contributed by atoms with Crippen molar-refractivity contribution in [3.8, 4) is 5.75 Å². The molecular formula is C27H27F3N5O3-. The first kappa shape index (κ1) is 25.8. The number of carbonyl (C=O) groups excluding carboxylic acids is 1. The fourth-order valence-electron chi connectivity index (χ4n) is 4.94. The summed E-state index contributed by atoms with van der Waals surface area (Å²) in [6, 6.07) is 13.3. The minimum absolute atomic E-state index is 0.00928. The Bertz CT molecular complexity index is 1280. The first-order valence-electron chi connectivity index (χ1n) is 12.3. The Morgan fingerprint density at radius 2 is 1.71 bits per heavy atom. The topological polar surface area (TPSA) is 100 Å². The molecule has 2 aliphatic heterocycles. The molecule has 2 aromatic rings. The van der Waals surface area contributed by atoms with Gasteiger partial charge >= 0.3 is 6.18 Å². The van der Waals surface area contributed by atoms with E-state index in [-0.39, 0.29) is 12.2 Å². The van der Waals surface area contributed by atoms with Crippen LogP contribution in [0.1, 0.15) is 18.4 Å². The van der Waals surface area contributed by atoms with E-state index in [1.807, 2.05) is 4.90 Å². The highest BCUT2D eigenvalue weighted by Gasteiger charge is 2.55. The summed E-state index contributed by atoms with van der Waals surface area (Å²) < 4.78 is 51.6. The number of halogens is 3. The van der Waals surface area contributed by atoms with Gasteiger partial charge in [0.25, 0.3) is 5.91 Å². The van der Waals surface area contributed by atoms with Crippen molar-refractivity contribution in [3.63, 3.8) is 0 Å². The summed E-state index contributed by atoms with van der Waals surface area (Å²) in [5, 5.41) is 21.6. The van der Waals surface area contributed by atoms with Gasteiger partial charge in [-0.2, -0.15) is 13.2 Å². The van der Waals surface area contributed by atoms with Crippen LogP contribution in [-0.2, 0) is 9.53 Å². The van der Waals surface area contributed by atoms with Crippen molar-refractivity contribution in [2.24, 2.45) is 5.41 Å². The second kappa shape index (κ2) is 9.79. The zero-order valence-electron chi connectivity index (χ0n) is 20.8. The van der Waals surface area contributed by atoms with Crippen molar-refractivity contribution in [1.29, 1.82) is 5.41 Å². The van der Waals surface area contributed by atoms with E-state index in [0.29, 0.717) is 67.7 Å². The predicted molar refractivity (Wildman–Crippen MR) is 138 cm³/mol. The predicted octanol–water partition coefficient (Wildman–Crippen LogP) is 4.42. The number of amidine groups is 1. The number of amides is 1. The molecule has 1 aliphatic carbocycles. The lowest BCUT2D eigenvalue weighted by atomic mass is 9.85. The second-order valence-electron chi connectivity index (χ2n) is 9.62. The Hall–Kier alpha value is -3.86. The van der Waals surface area contributed by atoms with E-state index in [1.54, 1.807) is 48.5 Å². The van der Waals surface area contributed by atoms with E-state index >= 15 is 0 Å². The van der Waals surface area contributed by atoms with Gasteiger partial charge in [-0.3, -0.25) is 10.2 Å². The molecule has 1 saturated heterocycles. The highest BCUT2D eigenvalue weighted by Crippen LogP contribution is 2.57. The average molecular weight is 527 g/mol. The molecule has 1 spiro atoms. The molecule has 200 valence electrons. The van der Waals surface area contributed by atoms with Crippen LogP contribution >= 0.6 is 0 Å². The van der Waals surface area contributed by atoms with Crippen LogP contribution < -0.4 is 15.0 Å². The van der Waals surface area contributed by atoms with Crippen molar-refractivity contribution in [1.82, 2.24) is 4.90 Å². The molecule has 8 nitrogen and oxygen atoms in total. The molecule has 0 unspecified atom stereocenters. The molecule has 0 radical (unpaired) electrons. The van der Waals surface area contributed by atoms with E-state index in [0.717, 1.165) is 0 Å². The summed E-state index contributed by atoms with van der Waals surface area (Å²) in [7, 11) is 1.49. The van der Waals surface area contributed by atoms with Gasteiger partial charge < -0.3 is 30.0 Å². The monoisotopic (exact) mass is 526 g/mol. The molecule has 38 heavy (non-hydrogen) atoms. The van der Waals surface area contributed by atoms with Crippen LogP contribution in [0.3, 0.4) is 0 Å². The van der Waals surface area contributed by atoms with Gasteiger partial charge in [0.15, 0.2) is 0 Å². The maximum absolute atomic E-state index is 13.7. The van der Waals surface area contributed by atoms with Gasteiger partial charge in [-0.15, -0.1) is 0 Å². The zero-order chi connectivity index (χ0) is 27.1. The second-order valence-corrected chi connectivity index (χ2v) is 9.62. The number of morpholine rings is 1. The largest absolute Gasteiger partial charge is 0.800 e. The fourth-order valence-corrected chi connectivity index (χ4v) is 4.94. The van der Waals surface area contributed by atoms with Crippen LogP contribution in [0.5, 0.6) is 5.75 Å². The number of hydrogen-bond donors (Lipinski definition) is 2. The lowest BCUT2D eigenvalue weighted by Gasteiger charge is -2.39. The molecular weight excluding hydrogens is 499 g/mol. The SMILES string of the molecule is COc1ccc(NC2=C(C(=[N-])C(F)(F)F)C3(CC3)CN(c3ccc(C(=N)N4CCOCC4)cc3)C2=O)cc1. The van der Waals surface area contributed by atoms with Crippen molar-refractivity contribution in [3.05, 3.63) is 70.8 Å². The Morgan fingerprint density at radius 3 is 2.26 bits per heavy atom. The number of nitrogens with one attached hydrogen (secondary N) is 2. The first-order valence-corrected chi connectivity index (χ1v) is 12.3. The van der Waals surface area contributed by atoms with Crippen LogP contribution in [0.25, 0.3) is 5.41 Å². The molecule has 2 fully saturated rings. The minimum Gasteiger partial charge on any atom is -0.800 e. The number of rotatable bonds is 6. The van der Waals surface area contributed by atoms with Gasteiger partial charge in [0, 0.05) is 42.0 Å². The van der Waals surface area contributed by atoms with Gasteiger partial charge in [0.05, 0.1) is 20.3 Å². The van der Waals surface area contributed by atoms with Gasteiger partial charge in [-0.05, 0) is 66.9 Å². The number of hydrogen-bond acceptors (Lipinski definition) is 5.